The topological polar surface area (TPSA) is 200 Å². The zero-order valence-corrected chi connectivity index (χ0v) is 50.8. The summed E-state index contributed by atoms with van der Waals surface area (Å²) >= 11 is 39.5. The van der Waals surface area contributed by atoms with Crippen molar-refractivity contribution in [3.8, 4) is 34.0 Å². The smallest absolute Gasteiger partial charge is 0.870 e. The Kier molecular flexibility index (Phi) is 17.3. The number of esters is 1. The van der Waals surface area contributed by atoms with Crippen molar-refractivity contribution in [2.24, 2.45) is 14.1 Å². The summed E-state index contributed by atoms with van der Waals surface area (Å²) in [4.78, 5) is 23.6. The number of methoxy groups -OCH3 is 1. The molecule has 4 unspecified atom stereocenters. The molecule has 0 aliphatic heterocycles. The Hall–Kier alpha value is -6.48. The van der Waals surface area contributed by atoms with Crippen LogP contribution < -0.4 is 28.3 Å². The first-order valence-corrected chi connectivity index (χ1v) is 29.4. The number of hydrogen-bond donors (Lipinski definition) is 1. The van der Waals surface area contributed by atoms with Crippen molar-refractivity contribution in [3.05, 3.63) is 196 Å². The van der Waals surface area contributed by atoms with E-state index in [1.54, 1.807) is 52.8 Å². The van der Waals surface area contributed by atoms with Crippen LogP contribution in [0.5, 0.6) is 11.5 Å². The van der Waals surface area contributed by atoms with Crippen LogP contribution in [-0.2, 0) is 32.0 Å². The van der Waals surface area contributed by atoms with Crippen molar-refractivity contribution in [1.82, 2.24) is 29.9 Å². The molecular weight excluding hydrogens is 1200 g/mol. The molecule has 10 aromatic rings. The van der Waals surface area contributed by atoms with Crippen LogP contribution in [0.15, 0.2) is 118 Å². The zero-order valence-electron chi connectivity index (χ0n) is 46.2. The Balaban J connectivity index is 0.000000173. The third kappa shape index (κ3) is 11.8. The monoisotopic (exact) mass is 1250 g/mol. The molecule has 2 N–H and O–H groups in total. The molecule has 0 radical (unpaired) electrons. The van der Waals surface area contributed by atoms with Crippen molar-refractivity contribution >= 4 is 103 Å². The van der Waals surface area contributed by atoms with Crippen LogP contribution in [-0.4, -0.2) is 59.5 Å². The maximum atomic E-state index is 12.1. The number of aromatic carboxylic acids is 1. The number of rotatable bonds is 16. The van der Waals surface area contributed by atoms with E-state index >= 15 is 0 Å². The molecule has 6 aromatic carbocycles. The summed E-state index contributed by atoms with van der Waals surface area (Å²) in [6.45, 7) is 0.503. The van der Waals surface area contributed by atoms with E-state index in [9.17, 15) is 14.7 Å². The van der Waals surface area contributed by atoms with Crippen molar-refractivity contribution in [1.29, 1.82) is 0 Å². The van der Waals surface area contributed by atoms with Gasteiger partial charge >= 0.3 is 30.8 Å². The molecule has 4 fully saturated rings. The van der Waals surface area contributed by atoms with Crippen LogP contribution in [0.1, 0.15) is 140 Å². The zero-order chi connectivity index (χ0) is 57.5. The van der Waals surface area contributed by atoms with Gasteiger partial charge in [0.1, 0.15) is 47.6 Å². The maximum Gasteiger partial charge on any atom is 1.00 e. The van der Waals surface area contributed by atoms with Crippen LogP contribution >= 0.6 is 69.6 Å². The van der Waals surface area contributed by atoms with Gasteiger partial charge in [-0.1, -0.05) is 128 Å². The number of carbonyl (C=O) groups excluding carboxylic acids is 1. The first kappa shape index (κ1) is 60.2. The van der Waals surface area contributed by atoms with Gasteiger partial charge in [0.15, 0.2) is 11.4 Å². The molecule has 4 aliphatic rings. The minimum absolute atomic E-state index is 0. The third-order valence-corrected chi connectivity index (χ3v) is 18.1. The first-order valence-electron chi connectivity index (χ1n) is 27.1. The van der Waals surface area contributed by atoms with Gasteiger partial charge in [0.2, 0.25) is 0 Å². The second kappa shape index (κ2) is 24.4. The molecule has 4 saturated carbocycles. The van der Waals surface area contributed by atoms with Gasteiger partial charge in [-0.15, -0.1) is 0 Å². The summed E-state index contributed by atoms with van der Waals surface area (Å²) in [6, 6.07) is 34.4. The van der Waals surface area contributed by atoms with Crippen LogP contribution in [0.3, 0.4) is 0 Å². The van der Waals surface area contributed by atoms with Gasteiger partial charge in [-0.3, -0.25) is 9.36 Å². The van der Waals surface area contributed by atoms with E-state index in [-0.39, 0.29) is 49.2 Å². The van der Waals surface area contributed by atoms with Crippen LogP contribution in [0.25, 0.3) is 44.3 Å². The number of carboxylic acid groups (broad SMARTS) is 1. The van der Waals surface area contributed by atoms with E-state index in [4.69, 9.17) is 92.9 Å². The molecule has 0 amide bonds. The van der Waals surface area contributed by atoms with E-state index in [1.807, 2.05) is 67.7 Å². The number of carboxylic acids is 1. The van der Waals surface area contributed by atoms with E-state index in [0.717, 1.165) is 94.3 Å². The number of hydrogen-bond acceptors (Lipinski definition) is 12. The summed E-state index contributed by atoms with van der Waals surface area (Å²) in [6.07, 6.45) is 6.16. The van der Waals surface area contributed by atoms with E-state index in [1.165, 1.54) is 12.7 Å². The molecule has 0 bridgehead atoms. The predicted molar refractivity (Wildman–Crippen MR) is 321 cm³/mol. The molecule has 430 valence electrons. The van der Waals surface area contributed by atoms with E-state index in [0.29, 0.717) is 105 Å². The average molecular weight is 1260 g/mol. The number of halogens is 6. The van der Waals surface area contributed by atoms with Crippen molar-refractivity contribution in [2.75, 3.05) is 7.11 Å². The molecule has 15 nitrogen and oxygen atoms in total. The third-order valence-electron chi connectivity index (χ3n) is 16.2. The quantitative estimate of drug-likeness (QED) is 0.0708. The largest absolute Gasteiger partial charge is 1.00 e. The van der Waals surface area contributed by atoms with E-state index < -0.39 is 11.9 Å². The molecule has 85 heavy (non-hydrogen) atoms. The normalized spacial score (nSPS) is 17.6. The number of carbonyl (C=O) groups is 2. The number of aromatic nitrogens is 6. The van der Waals surface area contributed by atoms with Gasteiger partial charge in [-0.2, -0.15) is 10.2 Å². The van der Waals surface area contributed by atoms with Gasteiger partial charge in [-0.25, -0.2) is 9.59 Å². The number of aryl methyl sites for hydroxylation is 2. The minimum Gasteiger partial charge on any atom is -0.870 e. The van der Waals surface area contributed by atoms with Gasteiger partial charge in [0.25, 0.3) is 0 Å². The predicted octanol–water partition coefficient (Wildman–Crippen LogP) is 14.1. The number of fused-ring (bicyclic) bond motifs is 2. The minimum atomic E-state index is -1.03. The molecule has 4 atom stereocenters. The van der Waals surface area contributed by atoms with Gasteiger partial charge in [0.05, 0.1) is 49.4 Å². The fourth-order valence-corrected chi connectivity index (χ4v) is 13.2. The number of ether oxygens (including phenoxy) is 3. The van der Waals surface area contributed by atoms with Crippen molar-refractivity contribution in [2.45, 2.75) is 87.2 Å². The molecule has 22 heteroatoms. The summed E-state index contributed by atoms with van der Waals surface area (Å²) in [5.41, 5.74) is 10.8. The maximum absolute atomic E-state index is 12.1. The molecule has 4 aliphatic carbocycles. The standard InChI is InChI=1S/C32H26Cl3N3O4.C31H24Cl3N3O4.Li.H2O/c1-38-27-12-17(8-10-20(27)30(36-38)32(39)40-2)21-14-22(21)19-11-9-18(13-26(19)35)41-15-23-29(37-42-31(23)16-6-7-16)28-24(33)4-3-5-25(28)34;1-37-26-11-16(7-9-19(26)29(35-37)31(38)39)20-13-21(20)18-10-8-17(12-25(18)34)40-14-22-28(36-41-30(22)15-5-6-15)27-23(32)3-2-4-24(27)33;;/h3-5,8-13,16,21-22H,6-7,14-15H2,1-2H3;2-4,7-12,15,20-21H,5-6,13-14H2,1H3,(H,38,39);;1H2/q;;+1;/p-1. The van der Waals surface area contributed by atoms with Crippen LogP contribution in [0, 0.1) is 0 Å². The SMILES string of the molecule is COC(=O)c1nn(C)c2cc(C3CC3c3ccc(OCc4c(-c5c(Cl)cccc5Cl)noc4C4CC4)cc3Cl)ccc12.Cn1nc(C(=O)O)c2ccc(C3CC3c3ccc(OCc4c(-c5c(Cl)cccc5Cl)noc4C4CC4)cc3Cl)cc21.[Li+].[OH-]. The Morgan fingerprint density at radius 2 is 0.976 bits per heavy atom. The van der Waals surface area contributed by atoms with Gasteiger partial charge in [0, 0.05) is 57.9 Å². The Bertz CT molecular complexity index is 4210. The summed E-state index contributed by atoms with van der Waals surface area (Å²) in [5, 5.41) is 31.4. The molecule has 4 heterocycles. The summed E-state index contributed by atoms with van der Waals surface area (Å²) < 4.78 is 32.2. The summed E-state index contributed by atoms with van der Waals surface area (Å²) in [5.74, 6) is 3.34. The van der Waals surface area contributed by atoms with Gasteiger partial charge in [-0.05, 0) is 145 Å². The second-order valence-corrected chi connectivity index (χ2v) is 24.1. The molecule has 4 aromatic heterocycles. The van der Waals surface area contributed by atoms with Crippen molar-refractivity contribution in [3.63, 3.8) is 0 Å². The van der Waals surface area contributed by atoms with Gasteiger partial charge < -0.3 is 33.8 Å². The Labute approximate surface area is 529 Å². The first-order chi connectivity index (χ1) is 40.1. The summed E-state index contributed by atoms with van der Waals surface area (Å²) in [7, 11) is 4.95. The van der Waals surface area contributed by atoms with Crippen LogP contribution in [0.4, 0.5) is 0 Å². The molecular formula is C63H51Cl6LiN6O9. The Morgan fingerprint density at radius 3 is 1.36 bits per heavy atom. The van der Waals surface area contributed by atoms with E-state index in [2.05, 4.69) is 32.6 Å². The fourth-order valence-electron chi connectivity index (χ4n) is 11.4. The molecule has 0 spiro atoms. The average Bonchev–Trinajstić information content (AvgIpc) is 3.01. The van der Waals surface area contributed by atoms with Crippen molar-refractivity contribution < 1.29 is 62.3 Å². The molecule has 14 rings (SSSR count). The Morgan fingerprint density at radius 1 is 0.565 bits per heavy atom. The van der Waals surface area contributed by atoms with Crippen LogP contribution in [0.2, 0.25) is 30.1 Å². The fraction of sp³-hybridized carbons (Fsp3) is 0.270. The number of nitrogens with zero attached hydrogens (tertiary/aromatic N) is 6. The molecule has 0 saturated heterocycles. The number of benzene rings is 6. The second-order valence-electron chi connectivity index (χ2n) is 21.6.